The lowest BCUT2D eigenvalue weighted by atomic mass is 9.89. The van der Waals surface area contributed by atoms with E-state index in [-0.39, 0.29) is 22.6 Å². The second kappa shape index (κ2) is 8.67. The summed E-state index contributed by atoms with van der Waals surface area (Å²) in [5.41, 5.74) is 0.320. The van der Waals surface area contributed by atoms with Crippen LogP contribution in [0.2, 0.25) is 0 Å². The quantitative estimate of drug-likeness (QED) is 0.775. The summed E-state index contributed by atoms with van der Waals surface area (Å²) in [4.78, 5) is 12.4. The van der Waals surface area contributed by atoms with Gasteiger partial charge in [0.2, 0.25) is 10.0 Å². The molecule has 1 amide bonds. The van der Waals surface area contributed by atoms with Crippen molar-refractivity contribution in [1.82, 2.24) is 10.0 Å². The molecule has 1 fully saturated rings. The van der Waals surface area contributed by atoms with Crippen LogP contribution in [0.5, 0.6) is 5.75 Å². The summed E-state index contributed by atoms with van der Waals surface area (Å²) in [6, 6.07) is 4.23. The first kappa shape index (κ1) is 19.7. The van der Waals surface area contributed by atoms with Gasteiger partial charge in [-0.05, 0) is 50.8 Å². The lowest BCUT2D eigenvalue weighted by Crippen LogP contribution is -2.32. The summed E-state index contributed by atoms with van der Waals surface area (Å²) >= 11 is 0. The summed E-state index contributed by atoms with van der Waals surface area (Å²) in [5, 5.41) is 2.93. The maximum atomic E-state index is 12.5. The molecular formula is C18H28N2O4S. The first-order chi connectivity index (χ1) is 11.8. The van der Waals surface area contributed by atoms with Gasteiger partial charge in [0, 0.05) is 18.2 Å². The molecule has 0 spiro atoms. The van der Waals surface area contributed by atoms with Crippen molar-refractivity contribution in [3.05, 3.63) is 23.8 Å². The predicted molar refractivity (Wildman–Crippen MR) is 97.4 cm³/mol. The highest BCUT2D eigenvalue weighted by molar-refractivity contribution is 7.89. The van der Waals surface area contributed by atoms with Crippen LogP contribution in [-0.4, -0.2) is 34.0 Å². The van der Waals surface area contributed by atoms with E-state index in [0.717, 1.165) is 12.8 Å². The summed E-state index contributed by atoms with van der Waals surface area (Å²) in [7, 11) is -2.34. The number of methoxy groups -OCH3 is 1. The van der Waals surface area contributed by atoms with Gasteiger partial charge in [0.15, 0.2) is 0 Å². The Morgan fingerprint density at radius 3 is 2.52 bits per heavy atom. The van der Waals surface area contributed by atoms with Crippen LogP contribution in [0, 0.1) is 5.92 Å². The second-order valence-electron chi connectivity index (χ2n) is 6.86. The summed E-state index contributed by atoms with van der Waals surface area (Å²) < 4.78 is 32.6. The average molecular weight is 368 g/mol. The number of benzene rings is 1. The van der Waals surface area contributed by atoms with Crippen LogP contribution in [0.4, 0.5) is 0 Å². The van der Waals surface area contributed by atoms with E-state index in [1.165, 1.54) is 38.5 Å². The molecule has 1 aliphatic carbocycles. The largest absolute Gasteiger partial charge is 0.495 e. The topological polar surface area (TPSA) is 84.5 Å². The highest BCUT2D eigenvalue weighted by Crippen LogP contribution is 2.26. The van der Waals surface area contributed by atoms with E-state index in [0.29, 0.717) is 18.0 Å². The van der Waals surface area contributed by atoms with E-state index in [1.54, 1.807) is 19.9 Å². The van der Waals surface area contributed by atoms with Crippen molar-refractivity contribution < 1.29 is 17.9 Å². The Labute approximate surface area is 150 Å². The molecule has 0 radical (unpaired) electrons. The van der Waals surface area contributed by atoms with Crippen molar-refractivity contribution >= 4 is 15.9 Å². The van der Waals surface area contributed by atoms with Crippen LogP contribution in [0.25, 0.3) is 0 Å². The van der Waals surface area contributed by atoms with Gasteiger partial charge >= 0.3 is 0 Å². The molecular weight excluding hydrogens is 340 g/mol. The number of rotatable bonds is 7. The molecule has 1 saturated carbocycles. The number of carbonyl (C=O) groups excluding carboxylic acids is 1. The highest BCUT2D eigenvalue weighted by atomic mass is 32.2. The fraction of sp³-hybridized carbons (Fsp3) is 0.611. The molecule has 1 aliphatic rings. The van der Waals surface area contributed by atoms with E-state index in [2.05, 4.69) is 10.0 Å². The number of carbonyl (C=O) groups is 1. The predicted octanol–water partition coefficient (Wildman–Crippen LogP) is 2.69. The van der Waals surface area contributed by atoms with E-state index >= 15 is 0 Å². The molecule has 0 atom stereocenters. The third kappa shape index (κ3) is 5.44. The maximum absolute atomic E-state index is 12.5. The molecule has 2 rings (SSSR count). The number of hydrogen-bond donors (Lipinski definition) is 2. The van der Waals surface area contributed by atoms with E-state index < -0.39 is 10.0 Å². The summed E-state index contributed by atoms with van der Waals surface area (Å²) in [6.45, 7) is 4.12. The Balaban J connectivity index is 2.15. The minimum atomic E-state index is -3.75. The van der Waals surface area contributed by atoms with Crippen molar-refractivity contribution in [2.45, 2.75) is 56.9 Å². The van der Waals surface area contributed by atoms with Crippen molar-refractivity contribution in [1.29, 1.82) is 0 Å². The van der Waals surface area contributed by atoms with Crippen LogP contribution in [0.1, 0.15) is 56.3 Å². The van der Waals surface area contributed by atoms with Gasteiger partial charge in [0.05, 0.1) is 7.11 Å². The smallest absolute Gasteiger partial charge is 0.251 e. The number of hydrogen-bond acceptors (Lipinski definition) is 4. The molecule has 6 nitrogen and oxygen atoms in total. The molecule has 0 saturated heterocycles. The third-order valence-corrected chi connectivity index (χ3v) is 6.06. The third-order valence-electron chi connectivity index (χ3n) is 4.38. The second-order valence-corrected chi connectivity index (χ2v) is 8.54. The Bertz CT molecular complexity index is 695. The monoisotopic (exact) mass is 368 g/mol. The fourth-order valence-corrected chi connectivity index (χ4v) is 4.58. The molecule has 0 aliphatic heterocycles. The molecule has 0 bridgehead atoms. The Hall–Kier alpha value is -1.60. The van der Waals surface area contributed by atoms with Gasteiger partial charge in [0.1, 0.15) is 10.6 Å². The number of nitrogens with one attached hydrogen (secondary N) is 2. The molecule has 25 heavy (non-hydrogen) atoms. The molecule has 0 heterocycles. The van der Waals surface area contributed by atoms with Gasteiger partial charge in [-0.25, -0.2) is 13.1 Å². The van der Waals surface area contributed by atoms with Gasteiger partial charge in [0.25, 0.3) is 5.91 Å². The normalized spacial score (nSPS) is 16.0. The van der Waals surface area contributed by atoms with Crippen LogP contribution < -0.4 is 14.8 Å². The number of ether oxygens (including phenoxy) is 1. The van der Waals surface area contributed by atoms with Gasteiger partial charge in [-0.2, -0.15) is 0 Å². The van der Waals surface area contributed by atoms with Crippen molar-refractivity contribution in [3.63, 3.8) is 0 Å². The highest BCUT2D eigenvalue weighted by Gasteiger charge is 2.23. The first-order valence-electron chi connectivity index (χ1n) is 8.82. The van der Waals surface area contributed by atoms with Crippen LogP contribution in [0.3, 0.4) is 0 Å². The maximum Gasteiger partial charge on any atom is 0.251 e. The van der Waals surface area contributed by atoms with Crippen molar-refractivity contribution in [2.75, 3.05) is 13.7 Å². The van der Waals surface area contributed by atoms with Crippen LogP contribution >= 0.6 is 0 Å². The molecule has 2 N–H and O–H groups in total. The minimum Gasteiger partial charge on any atom is -0.495 e. The Kier molecular flexibility index (Phi) is 6.84. The van der Waals surface area contributed by atoms with Crippen LogP contribution in [-0.2, 0) is 10.0 Å². The first-order valence-corrected chi connectivity index (χ1v) is 10.3. The summed E-state index contributed by atoms with van der Waals surface area (Å²) in [6.07, 6.45) is 5.98. The average Bonchev–Trinajstić information content (AvgIpc) is 2.59. The lowest BCUT2D eigenvalue weighted by Gasteiger charge is -2.21. The molecule has 1 aromatic rings. The zero-order chi connectivity index (χ0) is 18.4. The fourth-order valence-electron chi connectivity index (χ4n) is 3.13. The molecule has 7 heteroatoms. The number of amides is 1. The number of sulfonamides is 1. The molecule has 140 valence electrons. The van der Waals surface area contributed by atoms with Crippen molar-refractivity contribution in [2.24, 2.45) is 5.92 Å². The van der Waals surface area contributed by atoms with Crippen LogP contribution in [0.15, 0.2) is 23.1 Å². The standard InChI is InChI=1S/C18H28N2O4S/c1-13(2)20-25(22,23)17-11-15(9-10-16(17)24-3)18(21)19-12-14-7-5-4-6-8-14/h9-11,13-14,20H,4-8,12H2,1-3H3,(H,19,21). The minimum absolute atomic E-state index is 0.0194. The van der Waals surface area contributed by atoms with Gasteiger partial charge < -0.3 is 10.1 Å². The van der Waals surface area contributed by atoms with E-state index in [9.17, 15) is 13.2 Å². The van der Waals surface area contributed by atoms with E-state index in [4.69, 9.17) is 4.74 Å². The SMILES string of the molecule is COc1ccc(C(=O)NCC2CCCCC2)cc1S(=O)(=O)NC(C)C. The van der Waals surface area contributed by atoms with Gasteiger partial charge in [-0.3, -0.25) is 4.79 Å². The molecule has 0 unspecified atom stereocenters. The van der Waals surface area contributed by atoms with E-state index in [1.807, 2.05) is 0 Å². The van der Waals surface area contributed by atoms with Crippen molar-refractivity contribution in [3.8, 4) is 5.75 Å². The Morgan fingerprint density at radius 1 is 1.24 bits per heavy atom. The zero-order valence-electron chi connectivity index (χ0n) is 15.2. The molecule has 1 aromatic carbocycles. The van der Waals surface area contributed by atoms with Gasteiger partial charge in [-0.1, -0.05) is 19.3 Å². The van der Waals surface area contributed by atoms with Gasteiger partial charge in [-0.15, -0.1) is 0 Å². The summed E-state index contributed by atoms with van der Waals surface area (Å²) in [5.74, 6) is 0.480. The zero-order valence-corrected chi connectivity index (χ0v) is 16.0. The lowest BCUT2D eigenvalue weighted by molar-refractivity contribution is 0.0943. The molecule has 0 aromatic heterocycles. The Morgan fingerprint density at radius 2 is 1.92 bits per heavy atom.